The molecule has 0 unspecified atom stereocenters. The maximum Gasteiger partial charge on any atom is 0.309 e. The maximum atomic E-state index is 11.7. The Bertz CT molecular complexity index is 583. The molecule has 0 heterocycles. The zero-order valence-electron chi connectivity index (χ0n) is 10.4. The average molecular weight is 240 g/mol. The molecule has 0 aliphatic heterocycles. The van der Waals surface area contributed by atoms with Crippen LogP contribution in [0.2, 0.25) is 0 Å². The highest BCUT2D eigenvalue weighted by Crippen LogP contribution is 2.50. The lowest BCUT2D eigenvalue weighted by Gasteiger charge is -2.06. The zero-order valence-corrected chi connectivity index (χ0v) is 10.4. The number of benzene rings is 2. The predicted octanol–water partition coefficient (Wildman–Crippen LogP) is 3.51. The van der Waals surface area contributed by atoms with Crippen molar-refractivity contribution in [2.24, 2.45) is 5.92 Å². The topological polar surface area (TPSA) is 26.3 Å². The number of hydrogen-bond acceptors (Lipinski definition) is 2. The third kappa shape index (κ3) is 1.88. The second-order valence-corrected chi connectivity index (χ2v) is 4.77. The van der Waals surface area contributed by atoms with Crippen LogP contribution in [0.5, 0.6) is 0 Å². The van der Waals surface area contributed by atoms with Crippen molar-refractivity contribution < 1.29 is 9.53 Å². The molecule has 2 atom stereocenters. The van der Waals surface area contributed by atoms with Gasteiger partial charge in [0.2, 0.25) is 0 Å². The van der Waals surface area contributed by atoms with Gasteiger partial charge >= 0.3 is 5.97 Å². The summed E-state index contributed by atoms with van der Waals surface area (Å²) in [5, 5.41) is 2.50. The Morgan fingerprint density at radius 2 is 2.00 bits per heavy atom. The summed E-state index contributed by atoms with van der Waals surface area (Å²) >= 11 is 0. The third-order valence-electron chi connectivity index (χ3n) is 3.60. The smallest absolute Gasteiger partial charge is 0.309 e. The first-order chi connectivity index (χ1) is 8.81. The molecule has 0 amide bonds. The van der Waals surface area contributed by atoms with Crippen LogP contribution in [0.15, 0.2) is 42.5 Å². The van der Waals surface area contributed by atoms with Crippen LogP contribution in [0.3, 0.4) is 0 Å². The highest BCUT2D eigenvalue weighted by molar-refractivity contribution is 5.88. The van der Waals surface area contributed by atoms with E-state index in [1.54, 1.807) is 0 Å². The van der Waals surface area contributed by atoms with E-state index in [0.717, 1.165) is 6.42 Å². The van der Waals surface area contributed by atoms with Crippen molar-refractivity contribution in [1.29, 1.82) is 0 Å². The molecule has 0 bridgehead atoms. The summed E-state index contributed by atoms with van der Waals surface area (Å²) in [5.41, 5.74) is 1.28. The van der Waals surface area contributed by atoms with E-state index in [1.165, 1.54) is 16.3 Å². The molecular formula is C16H16O2. The normalized spacial score (nSPS) is 21.8. The summed E-state index contributed by atoms with van der Waals surface area (Å²) in [7, 11) is 0. The molecule has 0 spiro atoms. The average Bonchev–Trinajstić information content (AvgIpc) is 3.18. The highest BCUT2D eigenvalue weighted by Gasteiger charge is 2.45. The first-order valence-corrected chi connectivity index (χ1v) is 6.45. The molecule has 92 valence electrons. The van der Waals surface area contributed by atoms with Gasteiger partial charge in [-0.1, -0.05) is 42.5 Å². The van der Waals surface area contributed by atoms with Crippen LogP contribution >= 0.6 is 0 Å². The minimum Gasteiger partial charge on any atom is -0.466 e. The molecule has 3 rings (SSSR count). The van der Waals surface area contributed by atoms with Crippen LogP contribution in [0.4, 0.5) is 0 Å². The molecule has 2 nitrogen and oxygen atoms in total. The number of esters is 1. The SMILES string of the molecule is CCOC(=O)[C@@H]1C[C@@H]1c1cccc2ccccc12. The molecule has 2 aromatic rings. The minimum absolute atomic E-state index is 0.0459. The first-order valence-electron chi connectivity index (χ1n) is 6.45. The lowest BCUT2D eigenvalue weighted by Crippen LogP contribution is -2.07. The van der Waals surface area contributed by atoms with Gasteiger partial charge in [-0.05, 0) is 35.6 Å². The van der Waals surface area contributed by atoms with E-state index < -0.39 is 0 Å². The van der Waals surface area contributed by atoms with Gasteiger partial charge in [-0.25, -0.2) is 0 Å². The predicted molar refractivity (Wildman–Crippen MR) is 71.4 cm³/mol. The van der Waals surface area contributed by atoms with Gasteiger partial charge in [-0.3, -0.25) is 4.79 Å². The summed E-state index contributed by atoms with van der Waals surface area (Å²) in [5.74, 6) is 0.362. The van der Waals surface area contributed by atoms with Gasteiger partial charge in [0, 0.05) is 0 Å². The molecule has 0 radical (unpaired) electrons. The van der Waals surface area contributed by atoms with Crippen LogP contribution in [0.1, 0.15) is 24.8 Å². The van der Waals surface area contributed by atoms with Crippen LogP contribution in [-0.2, 0) is 9.53 Å². The van der Waals surface area contributed by atoms with Crippen LogP contribution in [0, 0.1) is 5.92 Å². The van der Waals surface area contributed by atoms with E-state index >= 15 is 0 Å². The Balaban J connectivity index is 1.91. The van der Waals surface area contributed by atoms with E-state index in [1.807, 2.05) is 19.1 Å². The van der Waals surface area contributed by atoms with Crippen molar-refractivity contribution in [2.45, 2.75) is 19.3 Å². The summed E-state index contributed by atoms with van der Waals surface area (Å²) < 4.78 is 5.09. The summed E-state index contributed by atoms with van der Waals surface area (Å²) in [6, 6.07) is 14.6. The highest BCUT2D eigenvalue weighted by atomic mass is 16.5. The maximum absolute atomic E-state index is 11.7. The fourth-order valence-electron chi connectivity index (χ4n) is 2.62. The molecule has 18 heavy (non-hydrogen) atoms. The van der Waals surface area contributed by atoms with Crippen molar-refractivity contribution in [2.75, 3.05) is 6.61 Å². The van der Waals surface area contributed by atoms with Crippen LogP contribution < -0.4 is 0 Å². The quantitative estimate of drug-likeness (QED) is 0.767. The van der Waals surface area contributed by atoms with E-state index in [9.17, 15) is 4.79 Å². The number of carbonyl (C=O) groups is 1. The van der Waals surface area contributed by atoms with Crippen molar-refractivity contribution in [3.05, 3.63) is 48.0 Å². The van der Waals surface area contributed by atoms with E-state index in [0.29, 0.717) is 12.5 Å². The molecule has 1 aliphatic rings. The van der Waals surface area contributed by atoms with Crippen molar-refractivity contribution in [3.63, 3.8) is 0 Å². The Morgan fingerprint density at radius 3 is 2.83 bits per heavy atom. The third-order valence-corrected chi connectivity index (χ3v) is 3.60. The Hall–Kier alpha value is -1.83. The number of ether oxygens (including phenoxy) is 1. The minimum atomic E-state index is -0.0459. The summed E-state index contributed by atoms with van der Waals surface area (Å²) in [6.07, 6.45) is 0.923. The lowest BCUT2D eigenvalue weighted by atomic mass is 10.0. The van der Waals surface area contributed by atoms with Gasteiger partial charge in [0.15, 0.2) is 0 Å². The van der Waals surface area contributed by atoms with Crippen molar-refractivity contribution in [1.82, 2.24) is 0 Å². The Labute approximate surface area is 107 Å². The van der Waals surface area contributed by atoms with Crippen LogP contribution in [-0.4, -0.2) is 12.6 Å². The molecule has 1 aliphatic carbocycles. The monoisotopic (exact) mass is 240 g/mol. The largest absolute Gasteiger partial charge is 0.466 e. The van der Waals surface area contributed by atoms with Crippen molar-refractivity contribution >= 4 is 16.7 Å². The second kappa shape index (κ2) is 4.45. The Kier molecular flexibility index (Phi) is 2.78. The standard InChI is InChI=1S/C16H16O2/c1-2-18-16(17)15-10-14(15)13-9-5-7-11-6-3-4-8-12(11)13/h3-9,14-15H,2,10H2,1H3/t14-,15-/m1/s1. The fourth-order valence-corrected chi connectivity index (χ4v) is 2.62. The van der Waals surface area contributed by atoms with Gasteiger partial charge in [-0.2, -0.15) is 0 Å². The molecule has 0 N–H and O–H groups in total. The van der Waals surface area contributed by atoms with Gasteiger partial charge in [-0.15, -0.1) is 0 Å². The molecular weight excluding hydrogens is 224 g/mol. The lowest BCUT2D eigenvalue weighted by molar-refractivity contribution is -0.144. The number of rotatable bonds is 3. The summed E-state index contributed by atoms with van der Waals surface area (Å²) in [4.78, 5) is 11.7. The summed E-state index contributed by atoms with van der Waals surface area (Å²) in [6.45, 7) is 2.32. The number of hydrogen-bond donors (Lipinski definition) is 0. The molecule has 0 saturated heterocycles. The second-order valence-electron chi connectivity index (χ2n) is 4.77. The van der Waals surface area contributed by atoms with E-state index in [2.05, 4.69) is 30.3 Å². The molecule has 1 saturated carbocycles. The van der Waals surface area contributed by atoms with Gasteiger partial charge in [0.05, 0.1) is 12.5 Å². The van der Waals surface area contributed by atoms with Crippen molar-refractivity contribution in [3.8, 4) is 0 Å². The number of carbonyl (C=O) groups excluding carboxylic acids is 1. The Morgan fingerprint density at radius 1 is 1.22 bits per heavy atom. The van der Waals surface area contributed by atoms with Gasteiger partial charge < -0.3 is 4.74 Å². The molecule has 2 heteroatoms. The fraction of sp³-hybridized carbons (Fsp3) is 0.312. The van der Waals surface area contributed by atoms with Gasteiger partial charge in [0.1, 0.15) is 0 Å². The van der Waals surface area contributed by atoms with Crippen LogP contribution in [0.25, 0.3) is 10.8 Å². The molecule has 0 aromatic heterocycles. The molecule has 1 fully saturated rings. The zero-order chi connectivity index (χ0) is 12.5. The first kappa shape index (κ1) is 11.3. The van der Waals surface area contributed by atoms with E-state index in [4.69, 9.17) is 4.74 Å². The van der Waals surface area contributed by atoms with E-state index in [-0.39, 0.29) is 11.9 Å². The van der Waals surface area contributed by atoms with Gasteiger partial charge in [0.25, 0.3) is 0 Å². The number of fused-ring (bicyclic) bond motifs is 1. The molecule has 2 aromatic carbocycles.